The van der Waals surface area contributed by atoms with Gasteiger partial charge in [0.25, 0.3) is 0 Å². The maximum atomic E-state index is 13.4. The fourth-order valence-electron chi connectivity index (χ4n) is 3.59. The number of aromatic amines is 1. The van der Waals surface area contributed by atoms with Gasteiger partial charge in [-0.3, -0.25) is 24.0 Å². The molecule has 0 aliphatic carbocycles. The molecular formula is C24H34N6O6S. The van der Waals surface area contributed by atoms with Crippen LogP contribution in [-0.4, -0.2) is 75.9 Å². The van der Waals surface area contributed by atoms with Crippen LogP contribution in [0.25, 0.3) is 10.9 Å². The molecule has 4 unspecified atom stereocenters. The molecule has 13 heteroatoms. The minimum absolute atomic E-state index is 0.00836. The molecule has 4 amide bonds. The second-order valence-electron chi connectivity index (χ2n) is 8.65. The Balaban J connectivity index is 2.26. The molecule has 0 saturated carbocycles. The third kappa shape index (κ3) is 9.10. The molecule has 1 aromatic carbocycles. The van der Waals surface area contributed by atoms with Crippen LogP contribution in [0.15, 0.2) is 30.5 Å². The highest BCUT2D eigenvalue weighted by atomic mass is 32.2. The number of carboxylic acids is 1. The van der Waals surface area contributed by atoms with Crippen LogP contribution in [0, 0.1) is 0 Å². The number of amides is 4. The van der Waals surface area contributed by atoms with Gasteiger partial charge in [-0.05, 0) is 43.4 Å². The maximum Gasteiger partial charge on any atom is 0.325 e. The fourth-order valence-corrected chi connectivity index (χ4v) is 4.06. The zero-order valence-corrected chi connectivity index (χ0v) is 21.6. The van der Waals surface area contributed by atoms with Crippen molar-refractivity contribution in [3.8, 4) is 0 Å². The highest BCUT2D eigenvalue weighted by Crippen LogP contribution is 2.19. The summed E-state index contributed by atoms with van der Waals surface area (Å²) >= 11 is 1.46. The summed E-state index contributed by atoms with van der Waals surface area (Å²) in [4.78, 5) is 64.2. The largest absolute Gasteiger partial charge is 0.480 e. The third-order valence-corrected chi connectivity index (χ3v) is 6.39. The first kappa shape index (κ1) is 29.6. The van der Waals surface area contributed by atoms with Gasteiger partial charge in [0.05, 0.1) is 6.04 Å². The van der Waals surface area contributed by atoms with E-state index in [9.17, 15) is 24.0 Å². The number of aromatic nitrogens is 1. The van der Waals surface area contributed by atoms with E-state index in [-0.39, 0.29) is 25.7 Å². The molecule has 0 aliphatic heterocycles. The van der Waals surface area contributed by atoms with Crippen molar-refractivity contribution >= 4 is 52.3 Å². The Hall–Kier alpha value is -3.58. The Morgan fingerprint density at radius 1 is 1.00 bits per heavy atom. The molecular weight excluding hydrogens is 500 g/mol. The maximum absolute atomic E-state index is 13.4. The van der Waals surface area contributed by atoms with Crippen molar-refractivity contribution < 1.29 is 29.1 Å². The molecule has 4 atom stereocenters. The van der Waals surface area contributed by atoms with Crippen molar-refractivity contribution in [1.82, 2.24) is 20.9 Å². The number of H-pyrrole nitrogens is 1. The summed E-state index contributed by atoms with van der Waals surface area (Å²) in [5, 5.41) is 17.6. The number of carboxylic acid groups (broad SMARTS) is 1. The van der Waals surface area contributed by atoms with Gasteiger partial charge in [0, 0.05) is 29.9 Å². The molecule has 0 spiro atoms. The Kier molecular flexibility index (Phi) is 11.4. The predicted octanol–water partition coefficient (Wildman–Crippen LogP) is -0.385. The van der Waals surface area contributed by atoms with Gasteiger partial charge in [-0.15, -0.1) is 0 Å². The van der Waals surface area contributed by atoms with Crippen molar-refractivity contribution in [2.24, 2.45) is 11.5 Å². The van der Waals surface area contributed by atoms with E-state index < -0.39 is 53.8 Å². The summed E-state index contributed by atoms with van der Waals surface area (Å²) in [6.45, 7) is 1.32. The van der Waals surface area contributed by atoms with Gasteiger partial charge < -0.3 is 37.5 Å². The second kappa shape index (κ2) is 14.2. The first-order valence-corrected chi connectivity index (χ1v) is 13.1. The summed E-state index contributed by atoms with van der Waals surface area (Å²) in [5.74, 6) is -3.21. The molecule has 0 fully saturated rings. The number of thioether (sulfide) groups is 1. The summed E-state index contributed by atoms with van der Waals surface area (Å²) in [6.07, 6.45) is 3.82. The SMILES string of the molecule is CSCCC(NC(=O)C(Cc1c[nH]c2ccccc12)NC(=O)C(N)CCC(N)=O)C(=O)NC(C)C(=O)O. The molecule has 0 aliphatic rings. The van der Waals surface area contributed by atoms with E-state index in [0.29, 0.717) is 5.75 Å². The highest BCUT2D eigenvalue weighted by molar-refractivity contribution is 7.98. The van der Waals surface area contributed by atoms with Crippen LogP contribution in [0.4, 0.5) is 0 Å². The van der Waals surface area contributed by atoms with Crippen molar-refractivity contribution in [2.75, 3.05) is 12.0 Å². The van der Waals surface area contributed by atoms with Gasteiger partial charge in [0.15, 0.2) is 0 Å². The second-order valence-corrected chi connectivity index (χ2v) is 9.63. The van der Waals surface area contributed by atoms with Crippen molar-refractivity contribution in [3.63, 3.8) is 0 Å². The molecule has 202 valence electrons. The van der Waals surface area contributed by atoms with E-state index in [1.54, 1.807) is 6.20 Å². The Bertz CT molecular complexity index is 1120. The quantitative estimate of drug-likeness (QED) is 0.160. The average molecular weight is 535 g/mol. The number of carbonyl (C=O) groups excluding carboxylic acids is 4. The highest BCUT2D eigenvalue weighted by Gasteiger charge is 2.30. The summed E-state index contributed by atoms with van der Waals surface area (Å²) in [7, 11) is 0. The molecule has 1 aromatic heterocycles. The average Bonchev–Trinajstić information content (AvgIpc) is 3.26. The van der Waals surface area contributed by atoms with Crippen LogP contribution in [0.2, 0.25) is 0 Å². The number of para-hydroxylation sites is 1. The number of primary amides is 1. The van der Waals surface area contributed by atoms with Crippen molar-refractivity contribution in [1.29, 1.82) is 0 Å². The molecule has 2 rings (SSSR count). The first-order chi connectivity index (χ1) is 17.5. The van der Waals surface area contributed by atoms with Crippen LogP contribution in [0.1, 0.15) is 31.7 Å². The van der Waals surface area contributed by atoms with Crippen LogP contribution >= 0.6 is 11.8 Å². The molecule has 0 radical (unpaired) electrons. The lowest BCUT2D eigenvalue weighted by Gasteiger charge is -2.24. The van der Waals surface area contributed by atoms with Gasteiger partial charge in [-0.1, -0.05) is 18.2 Å². The number of carbonyl (C=O) groups is 5. The van der Waals surface area contributed by atoms with Crippen LogP contribution in [-0.2, 0) is 30.4 Å². The van der Waals surface area contributed by atoms with Gasteiger partial charge in [0.1, 0.15) is 18.1 Å². The standard InChI is InChI=1S/C24H34N6O6S/c1-13(24(35)36)28-22(33)18(9-10-37-2)29-23(34)19(30-21(32)16(25)7-8-20(26)31)11-14-12-27-17-6-4-3-5-15(14)17/h3-6,12-13,16,18-19,27H,7-11,25H2,1-2H3,(H2,26,31)(H,28,33)(H,29,34)(H,30,32)(H,35,36). The molecule has 2 aromatic rings. The topological polar surface area (TPSA) is 209 Å². The number of rotatable bonds is 15. The minimum atomic E-state index is -1.21. The number of nitrogens with two attached hydrogens (primary N) is 2. The van der Waals surface area contributed by atoms with Crippen LogP contribution in [0.3, 0.4) is 0 Å². The number of fused-ring (bicyclic) bond motifs is 1. The van der Waals surface area contributed by atoms with Gasteiger partial charge in [-0.25, -0.2) is 0 Å². The van der Waals surface area contributed by atoms with Crippen molar-refractivity contribution in [2.45, 2.75) is 56.8 Å². The molecule has 37 heavy (non-hydrogen) atoms. The fraction of sp³-hybridized carbons (Fsp3) is 0.458. The third-order valence-electron chi connectivity index (χ3n) is 5.74. The van der Waals surface area contributed by atoms with E-state index in [1.807, 2.05) is 30.5 Å². The normalized spacial score (nSPS) is 14.2. The lowest BCUT2D eigenvalue weighted by atomic mass is 10.0. The Labute approximate surface area is 218 Å². The summed E-state index contributed by atoms with van der Waals surface area (Å²) < 4.78 is 0. The van der Waals surface area contributed by atoms with Gasteiger partial charge in [0.2, 0.25) is 23.6 Å². The smallest absolute Gasteiger partial charge is 0.325 e. The molecule has 9 N–H and O–H groups in total. The van der Waals surface area contributed by atoms with E-state index in [4.69, 9.17) is 16.6 Å². The Morgan fingerprint density at radius 2 is 1.65 bits per heavy atom. The van der Waals surface area contributed by atoms with E-state index >= 15 is 0 Å². The van der Waals surface area contributed by atoms with Crippen molar-refractivity contribution in [3.05, 3.63) is 36.0 Å². The minimum Gasteiger partial charge on any atom is -0.480 e. The number of benzene rings is 1. The molecule has 1 heterocycles. The monoisotopic (exact) mass is 534 g/mol. The van der Waals surface area contributed by atoms with Gasteiger partial charge >= 0.3 is 5.97 Å². The zero-order valence-electron chi connectivity index (χ0n) is 20.8. The van der Waals surface area contributed by atoms with E-state index in [2.05, 4.69) is 20.9 Å². The van der Waals surface area contributed by atoms with Crippen LogP contribution in [0.5, 0.6) is 0 Å². The lowest BCUT2D eigenvalue weighted by Crippen LogP contribution is -2.57. The first-order valence-electron chi connectivity index (χ1n) is 11.7. The molecule has 0 saturated heterocycles. The number of aliphatic carboxylic acids is 1. The van der Waals surface area contributed by atoms with Gasteiger partial charge in [-0.2, -0.15) is 11.8 Å². The lowest BCUT2D eigenvalue weighted by molar-refractivity contribution is -0.141. The molecule has 12 nitrogen and oxygen atoms in total. The van der Waals surface area contributed by atoms with E-state index in [1.165, 1.54) is 18.7 Å². The Morgan fingerprint density at radius 3 is 2.30 bits per heavy atom. The number of nitrogens with one attached hydrogen (secondary N) is 4. The van der Waals surface area contributed by atoms with E-state index in [0.717, 1.165) is 16.5 Å². The summed E-state index contributed by atoms with van der Waals surface area (Å²) in [5.41, 5.74) is 12.6. The molecule has 0 bridgehead atoms. The zero-order chi connectivity index (χ0) is 27.5. The summed E-state index contributed by atoms with van der Waals surface area (Å²) in [6, 6.07) is 3.11. The number of hydrogen-bond acceptors (Lipinski definition) is 7. The van der Waals surface area contributed by atoms with Crippen LogP contribution < -0.4 is 27.4 Å². The predicted molar refractivity (Wildman–Crippen MR) is 141 cm³/mol. The number of hydrogen-bond donors (Lipinski definition) is 7.